The van der Waals surface area contributed by atoms with Crippen LogP contribution >= 0.6 is 11.6 Å². The van der Waals surface area contributed by atoms with Crippen LogP contribution in [0.4, 0.5) is 0 Å². The number of nitrogens with one attached hydrogen (secondary N) is 1. The normalized spacial score (nSPS) is 13.1. The molecular weight excluding hydrogens is 278 g/mol. The Morgan fingerprint density at radius 3 is 2.70 bits per heavy atom. The van der Waals surface area contributed by atoms with Crippen molar-refractivity contribution in [3.8, 4) is 0 Å². The van der Waals surface area contributed by atoms with Crippen molar-refractivity contribution in [3.63, 3.8) is 0 Å². The molecule has 2 aromatic rings. The maximum absolute atomic E-state index is 6.27. The van der Waals surface area contributed by atoms with Crippen molar-refractivity contribution in [2.45, 2.75) is 12.6 Å². The number of likely N-dealkylation sites (N-methyl/N-ethyl adjacent to an activating group) is 1. The lowest BCUT2D eigenvalue weighted by Crippen LogP contribution is -2.31. The molecule has 0 bridgehead atoms. The number of hydrogen-bond acceptors (Lipinski definition) is 5. The molecule has 2 aromatic heterocycles. The second-order valence-electron chi connectivity index (χ2n) is 4.95. The Hall–Kier alpha value is -1.41. The summed E-state index contributed by atoms with van der Waals surface area (Å²) in [5.41, 5.74) is 4.59. The van der Waals surface area contributed by atoms with E-state index in [-0.39, 0.29) is 6.04 Å². The summed E-state index contributed by atoms with van der Waals surface area (Å²) in [5.74, 6) is 5.70. The van der Waals surface area contributed by atoms with Crippen LogP contribution < -0.4 is 11.3 Å². The minimum absolute atomic E-state index is 0.235. The molecule has 1 atom stereocenters. The SMILES string of the molecule is CN(C)CCn1ncc(Cl)c1C(NN)c1cnn(C)c1. The number of hydrogen-bond donors (Lipinski definition) is 2. The Labute approximate surface area is 123 Å². The van der Waals surface area contributed by atoms with Gasteiger partial charge in [-0.25, -0.2) is 5.43 Å². The van der Waals surface area contributed by atoms with E-state index in [4.69, 9.17) is 17.4 Å². The van der Waals surface area contributed by atoms with Crippen molar-refractivity contribution in [2.75, 3.05) is 20.6 Å². The van der Waals surface area contributed by atoms with Gasteiger partial charge in [0.15, 0.2) is 0 Å². The first-order valence-corrected chi connectivity index (χ1v) is 6.71. The maximum atomic E-state index is 6.27. The van der Waals surface area contributed by atoms with Gasteiger partial charge in [0.25, 0.3) is 0 Å². The Morgan fingerprint density at radius 2 is 2.15 bits per heavy atom. The zero-order valence-corrected chi connectivity index (χ0v) is 12.7. The predicted octanol–water partition coefficient (Wildman–Crippen LogP) is 0.384. The minimum Gasteiger partial charge on any atom is -0.308 e. The summed E-state index contributed by atoms with van der Waals surface area (Å²) in [5, 5.41) is 9.09. The van der Waals surface area contributed by atoms with Crippen molar-refractivity contribution in [2.24, 2.45) is 12.9 Å². The van der Waals surface area contributed by atoms with E-state index in [9.17, 15) is 0 Å². The van der Waals surface area contributed by atoms with Gasteiger partial charge >= 0.3 is 0 Å². The molecule has 0 spiro atoms. The highest BCUT2D eigenvalue weighted by Gasteiger charge is 2.22. The molecule has 0 aromatic carbocycles. The molecule has 2 heterocycles. The second kappa shape index (κ2) is 6.36. The standard InChI is InChI=1S/C12H20ClN7/c1-18(2)4-5-20-12(10(13)7-16-20)11(17-14)9-6-15-19(3)8-9/h6-8,11,17H,4-5,14H2,1-3H3. The Kier molecular flexibility index (Phi) is 4.77. The van der Waals surface area contributed by atoms with E-state index in [2.05, 4.69) is 20.5 Å². The summed E-state index contributed by atoms with van der Waals surface area (Å²) in [7, 11) is 5.90. The van der Waals surface area contributed by atoms with E-state index in [1.54, 1.807) is 17.1 Å². The van der Waals surface area contributed by atoms with Gasteiger partial charge in [0, 0.05) is 25.4 Å². The average Bonchev–Trinajstić information content (AvgIpc) is 2.97. The lowest BCUT2D eigenvalue weighted by Gasteiger charge is -2.18. The molecule has 8 heteroatoms. The zero-order chi connectivity index (χ0) is 14.7. The summed E-state index contributed by atoms with van der Waals surface area (Å²) in [6.45, 7) is 1.61. The number of halogens is 1. The molecule has 0 fully saturated rings. The van der Waals surface area contributed by atoms with Crippen molar-refractivity contribution < 1.29 is 0 Å². The summed E-state index contributed by atoms with van der Waals surface area (Å²) in [4.78, 5) is 2.09. The average molecular weight is 298 g/mol. The highest BCUT2D eigenvalue weighted by Crippen LogP contribution is 2.27. The fourth-order valence-electron chi connectivity index (χ4n) is 2.05. The molecule has 0 aliphatic heterocycles. The van der Waals surface area contributed by atoms with Crippen LogP contribution in [0.1, 0.15) is 17.3 Å². The smallest absolute Gasteiger partial charge is 0.0923 e. The van der Waals surface area contributed by atoms with Crippen LogP contribution in [0, 0.1) is 0 Å². The molecule has 20 heavy (non-hydrogen) atoms. The molecule has 2 rings (SSSR count). The van der Waals surface area contributed by atoms with Crippen molar-refractivity contribution >= 4 is 11.6 Å². The number of nitrogens with two attached hydrogens (primary N) is 1. The fourth-order valence-corrected chi connectivity index (χ4v) is 2.30. The lowest BCUT2D eigenvalue weighted by molar-refractivity contribution is 0.365. The molecule has 0 saturated heterocycles. The van der Waals surface area contributed by atoms with Crippen LogP contribution in [0.3, 0.4) is 0 Å². The van der Waals surface area contributed by atoms with Crippen LogP contribution in [-0.2, 0) is 13.6 Å². The Morgan fingerprint density at radius 1 is 1.40 bits per heavy atom. The molecule has 0 radical (unpaired) electrons. The quantitative estimate of drug-likeness (QED) is 0.596. The molecule has 0 aliphatic rings. The first-order valence-electron chi connectivity index (χ1n) is 6.33. The van der Waals surface area contributed by atoms with Crippen molar-refractivity contribution in [1.82, 2.24) is 29.9 Å². The summed E-state index contributed by atoms with van der Waals surface area (Å²) in [6.07, 6.45) is 5.32. The van der Waals surface area contributed by atoms with Gasteiger partial charge in [-0.15, -0.1) is 0 Å². The Bertz CT molecular complexity index is 560. The summed E-state index contributed by atoms with van der Waals surface area (Å²) < 4.78 is 3.61. The van der Waals surface area contributed by atoms with Crippen LogP contribution in [0.25, 0.3) is 0 Å². The van der Waals surface area contributed by atoms with E-state index >= 15 is 0 Å². The number of rotatable bonds is 6. The van der Waals surface area contributed by atoms with Gasteiger partial charge in [-0.05, 0) is 14.1 Å². The molecule has 7 nitrogen and oxygen atoms in total. The van der Waals surface area contributed by atoms with Gasteiger partial charge in [0.2, 0.25) is 0 Å². The first-order chi connectivity index (χ1) is 9.52. The summed E-state index contributed by atoms with van der Waals surface area (Å²) >= 11 is 6.27. The number of aromatic nitrogens is 4. The number of nitrogens with zero attached hydrogens (tertiary/aromatic N) is 5. The van der Waals surface area contributed by atoms with Crippen LogP contribution in [0.5, 0.6) is 0 Å². The highest BCUT2D eigenvalue weighted by atomic mass is 35.5. The second-order valence-corrected chi connectivity index (χ2v) is 5.36. The third kappa shape index (κ3) is 3.18. The largest absolute Gasteiger partial charge is 0.308 e. The van der Waals surface area contributed by atoms with E-state index in [0.29, 0.717) is 5.02 Å². The number of hydrazine groups is 1. The van der Waals surface area contributed by atoms with Crippen molar-refractivity contribution in [1.29, 1.82) is 0 Å². The van der Waals surface area contributed by atoms with E-state index < -0.39 is 0 Å². The van der Waals surface area contributed by atoms with Crippen LogP contribution in [0.15, 0.2) is 18.6 Å². The summed E-state index contributed by atoms with van der Waals surface area (Å²) in [6, 6.07) is -0.235. The predicted molar refractivity (Wildman–Crippen MR) is 78.2 cm³/mol. The molecule has 0 aliphatic carbocycles. The topological polar surface area (TPSA) is 76.9 Å². The van der Waals surface area contributed by atoms with Crippen LogP contribution in [-0.4, -0.2) is 45.1 Å². The highest BCUT2D eigenvalue weighted by molar-refractivity contribution is 6.31. The van der Waals surface area contributed by atoms with Crippen LogP contribution in [0.2, 0.25) is 5.02 Å². The van der Waals surface area contributed by atoms with Gasteiger partial charge < -0.3 is 4.90 Å². The lowest BCUT2D eigenvalue weighted by atomic mass is 10.1. The van der Waals surface area contributed by atoms with Crippen molar-refractivity contribution in [3.05, 3.63) is 34.9 Å². The molecule has 0 amide bonds. The third-order valence-corrected chi connectivity index (χ3v) is 3.38. The van der Waals surface area contributed by atoms with Gasteiger partial charge in [-0.1, -0.05) is 11.6 Å². The third-order valence-electron chi connectivity index (χ3n) is 3.09. The van der Waals surface area contributed by atoms with E-state index in [1.807, 2.05) is 32.0 Å². The van der Waals surface area contributed by atoms with E-state index in [0.717, 1.165) is 24.3 Å². The van der Waals surface area contributed by atoms with E-state index in [1.165, 1.54) is 0 Å². The molecular formula is C12H20ClN7. The van der Waals surface area contributed by atoms with Gasteiger partial charge in [-0.2, -0.15) is 10.2 Å². The van der Waals surface area contributed by atoms with Gasteiger partial charge in [-0.3, -0.25) is 15.2 Å². The molecule has 110 valence electrons. The molecule has 0 saturated carbocycles. The molecule has 1 unspecified atom stereocenters. The fraction of sp³-hybridized carbons (Fsp3) is 0.500. The first kappa shape index (κ1) is 15.0. The zero-order valence-electron chi connectivity index (χ0n) is 11.9. The minimum atomic E-state index is -0.235. The number of aryl methyl sites for hydroxylation is 1. The van der Waals surface area contributed by atoms with Gasteiger partial charge in [0.05, 0.1) is 35.7 Å². The van der Waals surface area contributed by atoms with Gasteiger partial charge in [0.1, 0.15) is 0 Å². The maximum Gasteiger partial charge on any atom is 0.0923 e. The Balaban J connectivity index is 2.31. The monoisotopic (exact) mass is 297 g/mol. The molecule has 3 N–H and O–H groups in total.